The van der Waals surface area contributed by atoms with Gasteiger partial charge >= 0.3 is 0 Å². The molecular formula is C14H16Cl2N2O. The van der Waals surface area contributed by atoms with Crippen LogP contribution >= 0.6 is 23.2 Å². The first kappa shape index (κ1) is 14.4. The minimum absolute atomic E-state index is 0.0724. The van der Waals surface area contributed by atoms with E-state index in [-0.39, 0.29) is 6.04 Å². The Bertz CT molecular complexity index is 554. The quantitative estimate of drug-likeness (QED) is 0.889. The summed E-state index contributed by atoms with van der Waals surface area (Å²) in [4.78, 5) is 4.20. The number of oxazole rings is 1. The molecule has 102 valence electrons. The molecule has 0 radical (unpaired) electrons. The van der Waals surface area contributed by atoms with Gasteiger partial charge in [-0.05, 0) is 30.7 Å². The van der Waals surface area contributed by atoms with E-state index in [1.165, 1.54) is 0 Å². The van der Waals surface area contributed by atoms with Crippen molar-refractivity contribution in [1.29, 1.82) is 0 Å². The number of halogens is 2. The predicted molar refractivity (Wildman–Crippen MR) is 77.6 cm³/mol. The van der Waals surface area contributed by atoms with E-state index >= 15 is 0 Å². The number of nitrogens with zero attached hydrogens (tertiary/aromatic N) is 1. The maximum atomic E-state index is 6.16. The summed E-state index contributed by atoms with van der Waals surface area (Å²) < 4.78 is 5.54. The predicted octanol–water partition coefficient (Wildman–Crippen LogP) is 4.39. The molecule has 1 aromatic heterocycles. The Hall–Kier alpha value is -1.03. The van der Waals surface area contributed by atoms with Crippen LogP contribution in [0.5, 0.6) is 0 Å². The van der Waals surface area contributed by atoms with Crippen molar-refractivity contribution in [2.45, 2.75) is 32.9 Å². The van der Waals surface area contributed by atoms with Gasteiger partial charge in [-0.1, -0.05) is 30.1 Å². The first-order valence-corrected chi connectivity index (χ1v) is 6.97. The number of aromatic nitrogens is 1. The molecule has 0 bridgehead atoms. The minimum Gasteiger partial charge on any atom is -0.444 e. The first-order chi connectivity index (χ1) is 9.10. The highest BCUT2D eigenvalue weighted by Crippen LogP contribution is 2.26. The molecule has 0 saturated heterocycles. The fraction of sp³-hybridized carbons (Fsp3) is 0.357. The van der Waals surface area contributed by atoms with E-state index < -0.39 is 0 Å². The number of rotatable bonds is 5. The minimum atomic E-state index is 0.0724. The highest BCUT2D eigenvalue weighted by molar-refractivity contribution is 6.33. The number of nitrogens with one attached hydrogen (secondary N) is 1. The van der Waals surface area contributed by atoms with Crippen molar-refractivity contribution in [3.05, 3.63) is 51.7 Å². The zero-order chi connectivity index (χ0) is 13.8. The van der Waals surface area contributed by atoms with Crippen molar-refractivity contribution in [3.63, 3.8) is 0 Å². The fourth-order valence-electron chi connectivity index (χ4n) is 1.79. The van der Waals surface area contributed by atoms with Crippen molar-refractivity contribution >= 4 is 23.2 Å². The van der Waals surface area contributed by atoms with E-state index in [9.17, 15) is 0 Å². The number of hydrogen-bond donors (Lipinski definition) is 1. The van der Waals surface area contributed by atoms with Gasteiger partial charge in [-0.2, -0.15) is 0 Å². The third-order valence-corrected chi connectivity index (χ3v) is 3.51. The van der Waals surface area contributed by atoms with Crippen LogP contribution in [0.15, 0.2) is 28.8 Å². The topological polar surface area (TPSA) is 38.1 Å². The van der Waals surface area contributed by atoms with E-state index in [0.717, 1.165) is 17.7 Å². The highest BCUT2D eigenvalue weighted by atomic mass is 35.5. The summed E-state index contributed by atoms with van der Waals surface area (Å²) in [5.74, 6) is 1.58. The van der Waals surface area contributed by atoms with Crippen LogP contribution in [0.3, 0.4) is 0 Å². The Morgan fingerprint density at radius 3 is 2.84 bits per heavy atom. The summed E-state index contributed by atoms with van der Waals surface area (Å²) in [7, 11) is 0. The van der Waals surface area contributed by atoms with E-state index in [1.54, 1.807) is 18.3 Å². The van der Waals surface area contributed by atoms with Gasteiger partial charge in [-0.15, -0.1) is 0 Å². The second-order valence-electron chi connectivity index (χ2n) is 4.34. The van der Waals surface area contributed by atoms with Gasteiger partial charge in [0.05, 0.1) is 12.7 Å². The van der Waals surface area contributed by atoms with Gasteiger partial charge in [0, 0.05) is 22.5 Å². The lowest BCUT2D eigenvalue weighted by Crippen LogP contribution is -2.18. The maximum Gasteiger partial charge on any atom is 0.208 e. The van der Waals surface area contributed by atoms with Gasteiger partial charge in [0.2, 0.25) is 5.89 Å². The van der Waals surface area contributed by atoms with Gasteiger partial charge in [0.25, 0.3) is 0 Å². The molecule has 0 aliphatic rings. The van der Waals surface area contributed by atoms with Crippen molar-refractivity contribution < 1.29 is 4.42 Å². The van der Waals surface area contributed by atoms with E-state index in [0.29, 0.717) is 22.5 Å². The van der Waals surface area contributed by atoms with Crippen molar-refractivity contribution in [2.75, 3.05) is 0 Å². The van der Waals surface area contributed by atoms with Crippen molar-refractivity contribution in [1.82, 2.24) is 10.3 Å². The first-order valence-electron chi connectivity index (χ1n) is 6.22. The van der Waals surface area contributed by atoms with Crippen LogP contribution < -0.4 is 5.32 Å². The number of hydrogen-bond acceptors (Lipinski definition) is 3. The molecule has 0 spiro atoms. The Balaban J connectivity index is 2.00. The summed E-state index contributed by atoms with van der Waals surface area (Å²) in [6.07, 6.45) is 2.61. The Labute approximate surface area is 122 Å². The molecule has 0 aliphatic carbocycles. The molecule has 3 nitrogen and oxygen atoms in total. The zero-order valence-electron chi connectivity index (χ0n) is 10.9. The lowest BCUT2D eigenvalue weighted by molar-refractivity contribution is 0.424. The highest BCUT2D eigenvalue weighted by Gasteiger charge is 2.11. The average Bonchev–Trinajstić information content (AvgIpc) is 2.87. The van der Waals surface area contributed by atoms with Crippen LogP contribution in [0.1, 0.15) is 37.1 Å². The van der Waals surface area contributed by atoms with Crippen LogP contribution in [0.25, 0.3) is 0 Å². The fourth-order valence-corrected chi connectivity index (χ4v) is 2.25. The van der Waals surface area contributed by atoms with E-state index in [4.69, 9.17) is 27.6 Å². The number of aryl methyl sites for hydroxylation is 1. The van der Waals surface area contributed by atoms with Gasteiger partial charge in [0.1, 0.15) is 5.76 Å². The van der Waals surface area contributed by atoms with Gasteiger partial charge in [-0.25, -0.2) is 4.98 Å². The second-order valence-corrected chi connectivity index (χ2v) is 5.19. The van der Waals surface area contributed by atoms with Crippen LogP contribution in [-0.4, -0.2) is 4.98 Å². The van der Waals surface area contributed by atoms with Crippen molar-refractivity contribution in [3.8, 4) is 0 Å². The molecule has 0 amide bonds. The lowest BCUT2D eigenvalue weighted by Gasteiger charge is -2.14. The second kappa shape index (κ2) is 6.42. The monoisotopic (exact) mass is 298 g/mol. The molecule has 0 fully saturated rings. The zero-order valence-corrected chi connectivity index (χ0v) is 12.4. The molecule has 1 heterocycles. The summed E-state index contributed by atoms with van der Waals surface area (Å²) in [5.41, 5.74) is 0.969. The summed E-state index contributed by atoms with van der Waals surface area (Å²) in [5, 5.41) is 4.70. The molecule has 2 rings (SSSR count). The molecular weight excluding hydrogens is 283 g/mol. The normalized spacial score (nSPS) is 12.6. The SMILES string of the molecule is CCc1cnc(CNC(C)c2cc(Cl)ccc2Cl)o1. The molecule has 19 heavy (non-hydrogen) atoms. The van der Waals surface area contributed by atoms with Gasteiger partial charge in [0.15, 0.2) is 0 Å². The number of benzene rings is 1. The molecule has 1 atom stereocenters. The Kier molecular flexibility index (Phi) is 4.86. The van der Waals surface area contributed by atoms with Crippen molar-refractivity contribution in [2.24, 2.45) is 0 Å². The Morgan fingerprint density at radius 2 is 2.16 bits per heavy atom. The van der Waals surface area contributed by atoms with Crippen LogP contribution in [-0.2, 0) is 13.0 Å². The van der Waals surface area contributed by atoms with Gasteiger partial charge in [-0.3, -0.25) is 0 Å². The van der Waals surface area contributed by atoms with Gasteiger partial charge < -0.3 is 9.73 Å². The molecule has 2 aromatic rings. The third-order valence-electron chi connectivity index (χ3n) is 2.93. The van der Waals surface area contributed by atoms with Crippen LogP contribution in [0.4, 0.5) is 0 Å². The van der Waals surface area contributed by atoms with Crippen LogP contribution in [0, 0.1) is 0 Å². The molecule has 0 aliphatic heterocycles. The molecule has 0 saturated carbocycles. The molecule has 1 unspecified atom stereocenters. The lowest BCUT2D eigenvalue weighted by atomic mass is 10.1. The standard InChI is InChI=1S/C14H16Cl2N2O/c1-3-11-7-18-14(19-11)8-17-9(2)12-6-10(15)4-5-13(12)16/h4-7,9,17H,3,8H2,1-2H3. The molecule has 5 heteroatoms. The summed E-state index contributed by atoms with van der Waals surface area (Å²) in [6.45, 7) is 4.62. The summed E-state index contributed by atoms with van der Waals surface area (Å²) in [6, 6.07) is 5.52. The summed E-state index contributed by atoms with van der Waals surface area (Å²) >= 11 is 12.1. The largest absolute Gasteiger partial charge is 0.444 e. The smallest absolute Gasteiger partial charge is 0.208 e. The average molecular weight is 299 g/mol. The molecule has 1 aromatic carbocycles. The maximum absolute atomic E-state index is 6.16. The van der Waals surface area contributed by atoms with E-state index in [1.807, 2.05) is 19.9 Å². The third kappa shape index (κ3) is 3.72. The Morgan fingerprint density at radius 1 is 1.37 bits per heavy atom. The van der Waals surface area contributed by atoms with E-state index in [2.05, 4.69) is 10.3 Å². The molecule has 1 N–H and O–H groups in total. The van der Waals surface area contributed by atoms with Crippen LogP contribution in [0.2, 0.25) is 10.0 Å².